The van der Waals surface area contributed by atoms with E-state index in [-0.39, 0.29) is 11.9 Å². The van der Waals surface area contributed by atoms with Crippen LogP contribution in [0.5, 0.6) is 5.75 Å². The van der Waals surface area contributed by atoms with Gasteiger partial charge in [0.2, 0.25) is 5.91 Å². The first-order chi connectivity index (χ1) is 8.18. The molecule has 0 aliphatic carbocycles. The number of fused-ring (bicyclic) bond motifs is 1. The largest absolute Gasteiger partial charge is 0.491 e. The molecule has 0 saturated heterocycles. The van der Waals surface area contributed by atoms with Crippen molar-refractivity contribution in [3.05, 3.63) is 24.3 Å². The first kappa shape index (κ1) is 11.9. The van der Waals surface area contributed by atoms with Crippen LogP contribution in [-0.4, -0.2) is 25.1 Å². The van der Waals surface area contributed by atoms with Crippen LogP contribution in [0.4, 0.5) is 5.69 Å². The van der Waals surface area contributed by atoms with Crippen LogP contribution in [0.25, 0.3) is 0 Å². The molecule has 1 aromatic rings. The molecule has 1 atom stereocenters. The molecule has 17 heavy (non-hydrogen) atoms. The van der Waals surface area contributed by atoms with E-state index in [1.807, 2.05) is 31.2 Å². The summed E-state index contributed by atoms with van der Waals surface area (Å²) in [5.74, 6) is 0.848. The minimum absolute atomic E-state index is 0.0675. The number of carbonyl (C=O) groups is 1. The Morgan fingerprint density at radius 1 is 1.53 bits per heavy atom. The second kappa shape index (κ2) is 5.19. The van der Waals surface area contributed by atoms with Gasteiger partial charge in [0.1, 0.15) is 5.75 Å². The maximum absolute atomic E-state index is 12.1. The number of nitrogens with two attached hydrogens (primary N) is 1. The second-order valence-electron chi connectivity index (χ2n) is 4.40. The van der Waals surface area contributed by atoms with Gasteiger partial charge in [-0.3, -0.25) is 4.79 Å². The highest BCUT2D eigenvalue weighted by atomic mass is 16.5. The molecule has 1 aromatic carbocycles. The predicted molar refractivity (Wildman–Crippen MR) is 67.2 cm³/mol. The summed E-state index contributed by atoms with van der Waals surface area (Å²) < 4.78 is 5.61. The Labute approximate surface area is 101 Å². The van der Waals surface area contributed by atoms with E-state index >= 15 is 0 Å². The van der Waals surface area contributed by atoms with Gasteiger partial charge < -0.3 is 15.4 Å². The summed E-state index contributed by atoms with van der Waals surface area (Å²) in [5.41, 5.74) is 6.54. The Bertz CT molecular complexity index is 404. The second-order valence-corrected chi connectivity index (χ2v) is 4.40. The molecule has 1 heterocycles. The third-order valence-corrected chi connectivity index (χ3v) is 2.74. The van der Waals surface area contributed by atoms with Crippen LogP contribution in [0.1, 0.15) is 19.8 Å². The zero-order valence-corrected chi connectivity index (χ0v) is 10.1. The van der Waals surface area contributed by atoms with Crippen molar-refractivity contribution in [3.63, 3.8) is 0 Å². The minimum atomic E-state index is -0.112. The van der Waals surface area contributed by atoms with Crippen LogP contribution in [0.2, 0.25) is 0 Å². The van der Waals surface area contributed by atoms with E-state index < -0.39 is 0 Å². The first-order valence-corrected chi connectivity index (χ1v) is 5.96. The van der Waals surface area contributed by atoms with E-state index in [0.29, 0.717) is 19.6 Å². The Hall–Kier alpha value is -1.55. The standard InChI is InChI=1S/C13H18N2O2/c1-10(14)9-13(16)15-7-4-8-17-12-6-3-2-5-11(12)15/h2-3,5-6,10H,4,7-9,14H2,1H3. The summed E-state index contributed by atoms with van der Waals surface area (Å²) >= 11 is 0. The van der Waals surface area contributed by atoms with E-state index in [9.17, 15) is 4.79 Å². The average molecular weight is 234 g/mol. The molecule has 92 valence electrons. The number of anilines is 1. The summed E-state index contributed by atoms with van der Waals surface area (Å²) in [4.78, 5) is 13.9. The van der Waals surface area contributed by atoms with Crippen LogP contribution < -0.4 is 15.4 Å². The molecule has 0 saturated carbocycles. The third-order valence-electron chi connectivity index (χ3n) is 2.74. The van der Waals surface area contributed by atoms with Gasteiger partial charge in [-0.2, -0.15) is 0 Å². The lowest BCUT2D eigenvalue weighted by Gasteiger charge is -2.22. The maximum Gasteiger partial charge on any atom is 0.228 e. The average Bonchev–Trinajstić information content (AvgIpc) is 2.50. The summed E-state index contributed by atoms with van der Waals surface area (Å²) in [7, 11) is 0. The number of hydrogen-bond donors (Lipinski definition) is 1. The molecule has 4 nitrogen and oxygen atoms in total. The quantitative estimate of drug-likeness (QED) is 0.844. The Kier molecular flexibility index (Phi) is 3.64. The Balaban J connectivity index is 2.25. The maximum atomic E-state index is 12.1. The fourth-order valence-electron chi connectivity index (χ4n) is 1.97. The van der Waals surface area contributed by atoms with E-state index in [4.69, 9.17) is 10.5 Å². The Morgan fingerprint density at radius 2 is 2.29 bits per heavy atom. The number of hydrogen-bond acceptors (Lipinski definition) is 3. The van der Waals surface area contributed by atoms with Crippen molar-refractivity contribution in [3.8, 4) is 5.75 Å². The van der Waals surface area contributed by atoms with Crippen molar-refractivity contribution in [1.82, 2.24) is 0 Å². The molecular weight excluding hydrogens is 216 g/mol. The monoisotopic (exact) mass is 234 g/mol. The highest BCUT2D eigenvalue weighted by Gasteiger charge is 2.22. The van der Waals surface area contributed by atoms with Crippen LogP contribution in [-0.2, 0) is 4.79 Å². The fraction of sp³-hybridized carbons (Fsp3) is 0.462. The van der Waals surface area contributed by atoms with Crippen LogP contribution in [0.3, 0.4) is 0 Å². The topological polar surface area (TPSA) is 55.6 Å². The lowest BCUT2D eigenvalue weighted by atomic mass is 10.2. The summed E-state index contributed by atoms with van der Waals surface area (Å²) in [6.45, 7) is 3.19. The lowest BCUT2D eigenvalue weighted by molar-refractivity contribution is -0.118. The third kappa shape index (κ3) is 2.77. The van der Waals surface area contributed by atoms with Gasteiger partial charge in [-0.15, -0.1) is 0 Å². The van der Waals surface area contributed by atoms with Crippen LogP contribution >= 0.6 is 0 Å². The molecular formula is C13H18N2O2. The van der Waals surface area contributed by atoms with Crippen molar-refractivity contribution in [2.45, 2.75) is 25.8 Å². The minimum Gasteiger partial charge on any atom is -0.491 e. The van der Waals surface area contributed by atoms with E-state index in [0.717, 1.165) is 17.9 Å². The van der Waals surface area contributed by atoms with E-state index in [1.165, 1.54) is 0 Å². The predicted octanol–water partition coefficient (Wildman–Crippen LogP) is 1.54. The van der Waals surface area contributed by atoms with Gasteiger partial charge in [-0.25, -0.2) is 0 Å². The van der Waals surface area contributed by atoms with Crippen molar-refractivity contribution in [2.24, 2.45) is 5.73 Å². The van der Waals surface area contributed by atoms with Gasteiger partial charge in [0.15, 0.2) is 0 Å². The van der Waals surface area contributed by atoms with Gasteiger partial charge in [0, 0.05) is 19.0 Å². The molecule has 1 aliphatic heterocycles. The van der Waals surface area contributed by atoms with Crippen molar-refractivity contribution in [2.75, 3.05) is 18.1 Å². The molecule has 0 radical (unpaired) electrons. The molecule has 0 bridgehead atoms. The lowest BCUT2D eigenvalue weighted by Crippen LogP contribution is -2.35. The molecule has 2 N–H and O–H groups in total. The van der Waals surface area contributed by atoms with Gasteiger partial charge in [0.05, 0.1) is 12.3 Å². The Morgan fingerprint density at radius 3 is 3.06 bits per heavy atom. The molecule has 1 unspecified atom stereocenters. The zero-order chi connectivity index (χ0) is 12.3. The van der Waals surface area contributed by atoms with Crippen molar-refractivity contribution >= 4 is 11.6 Å². The molecule has 0 fully saturated rings. The molecule has 4 heteroatoms. The van der Waals surface area contributed by atoms with E-state index in [2.05, 4.69) is 0 Å². The molecule has 2 rings (SSSR count). The van der Waals surface area contributed by atoms with Crippen molar-refractivity contribution < 1.29 is 9.53 Å². The SMILES string of the molecule is CC(N)CC(=O)N1CCCOc2ccccc21. The number of amides is 1. The number of nitrogens with zero attached hydrogens (tertiary/aromatic N) is 1. The number of carbonyl (C=O) groups excluding carboxylic acids is 1. The zero-order valence-electron chi connectivity index (χ0n) is 10.1. The van der Waals surface area contributed by atoms with Gasteiger partial charge in [0.25, 0.3) is 0 Å². The number of para-hydroxylation sites is 2. The van der Waals surface area contributed by atoms with Gasteiger partial charge >= 0.3 is 0 Å². The van der Waals surface area contributed by atoms with Crippen molar-refractivity contribution in [1.29, 1.82) is 0 Å². The molecule has 0 spiro atoms. The molecule has 1 aliphatic rings. The smallest absolute Gasteiger partial charge is 0.228 e. The fourth-order valence-corrected chi connectivity index (χ4v) is 1.97. The normalized spacial score (nSPS) is 16.7. The van der Waals surface area contributed by atoms with Crippen LogP contribution in [0, 0.1) is 0 Å². The number of benzene rings is 1. The summed E-state index contributed by atoms with van der Waals surface area (Å²) in [6.07, 6.45) is 1.22. The molecule has 0 aromatic heterocycles. The van der Waals surface area contributed by atoms with Gasteiger partial charge in [-0.05, 0) is 25.5 Å². The summed E-state index contributed by atoms with van der Waals surface area (Å²) in [5, 5.41) is 0. The molecule has 1 amide bonds. The van der Waals surface area contributed by atoms with Gasteiger partial charge in [-0.1, -0.05) is 12.1 Å². The first-order valence-electron chi connectivity index (χ1n) is 5.96. The van der Waals surface area contributed by atoms with Crippen LogP contribution in [0.15, 0.2) is 24.3 Å². The highest BCUT2D eigenvalue weighted by Crippen LogP contribution is 2.30. The number of rotatable bonds is 2. The number of ether oxygens (including phenoxy) is 1. The van der Waals surface area contributed by atoms with E-state index in [1.54, 1.807) is 4.90 Å². The highest BCUT2D eigenvalue weighted by molar-refractivity contribution is 5.95. The summed E-state index contributed by atoms with van der Waals surface area (Å²) in [6, 6.07) is 7.53.